The molecule has 0 aliphatic heterocycles. The number of anilines is 1. The van der Waals surface area contributed by atoms with Crippen LogP contribution in [0, 0.1) is 18.3 Å². The van der Waals surface area contributed by atoms with Crippen LogP contribution in [-0.2, 0) is 20.7 Å². The number of benzene rings is 2. The van der Waals surface area contributed by atoms with Crippen molar-refractivity contribution in [1.82, 2.24) is 0 Å². The van der Waals surface area contributed by atoms with Gasteiger partial charge in [0.25, 0.3) is 5.91 Å². The second kappa shape index (κ2) is 8.67. The molecule has 0 saturated carbocycles. The Hall–Kier alpha value is -3.33. The van der Waals surface area contributed by atoms with Crippen LogP contribution in [0.4, 0.5) is 5.69 Å². The van der Waals surface area contributed by atoms with E-state index >= 15 is 0 Å². The Balaban J connectivity index is 1.94. The number of rotatable bonds is 6. The van der Waals surface area contributed by atoms with E-state index in [4.69, 9.17) is 14.7 Å². The maximum atomic E-state index is 12.2. The lowest BCUT2D eigenvalue weighted by Crippen LogP contribution is -2.30. The molecule has 0 spiro atoms. The van der Waals surface area contributed by atoms with Gasteiger partial charge in [0.1, 0.15) is 5.75 Å². The monoisotopic (exact) mass is 352 g/mol. The topological polar surface area (TPSA) is 88.4 Å². The van der Waals surface area contributed by atoms with Gasteiger partial charge in [-0.05, 0) is 44.2 Å². The zero-order valence-corrected chi connectivity index (χ0v) is 14.9. The molecule has 1 amide bonds. The number of nitriles is 1. The maximum absolute atomic E-state index is 12.2. The van der Waals surface area contributed by atoms with Crippen LogP contribution in [-0.4, -0.2) is 25.1 Å². The molecule has 0 aliphatic rings. The van der Waals surface area contributed by atoms with Crippen molar-refractivity contribution in [2.24, 2.45) is 0 Å². The summed E-state index contributed by atoms with van der Waals surface area (Å²) in [4.78, 5) is 24.3. The molecule has 134 valence electrons. The largest absolute Gasteiger partial charge is 0.496 e. The Labute approximate surface area is 152 Å². The normalized spacial score (nSPS) is 11.2. The summed E-state index contributed by atoms with van der Waals surface area (Å²) in [5.74, 6) is -0.363. The Kier molecular flexibility index (Phi) is 6.34. The fraction of sp³-hybridized carbons (Fsp3) is 0.250. The Morgan fingerprint density at radius 3 is 2.50 bits per heavy atom. The van der Waals surface area contributed by atoms with Gasteiger partial charge in [0, 0.05) is 11.3 Å². The third kappa shape index (κ3) is 5.08. The van der Waals surface area contributed by atoms with Gasteiger partial charge in [-0.15, -0.1) is 0 Å². The first-order valence-corrected chi connectivity index (χ1v) is 8.07. The van der Waals surface area contributed by atoms with Gasteiger partial charge in [-0.1, -0.05) is 17.7 Å². The average Bonchev–Trinajstić information content (AvgIpc) is 2.62. The molecule has 2 aromatic carbocycles. The van der Waals surface area contributed by atoms with E-state index in [-0.39, 0.29) is 6.42 Å². The van der Waals surface area contributed by atoms with Gasteiger partial charge < -0.3 is 14.8 Å². The van der Waals surface area contributed by atoms with E-state index in [1.165, 1.54) is 14.0 Å². The molecule has 6 nitrogen and oxygen atoms in total. The van der Waals surface area contributed by atoms with Crippen molar-refractivity contribution in [3.05, 3.63) is 59.2 Å². The summed E-state index contributed by atoms with van der Waals surface area (Å²) in [5, 5.41) is 11.4. The average molecular weight is 352 g/mol. The molecule has 26 heavy (non-hydrogen) atoms. The third-order valence-electron chi connectivity index (χ3n) is 3.73. The summed E-state index contributed by atoms with van der Waals surface area (Å²) in [6.45, 7) is 3.42. The van der Waals surface area contributed by atoms with Crippen molar-refractivity contribution in [3.63, 3.8) is 0 Å². The van der Waals surface area contributed by atoms with Crippen LogP contribution < -0.4 is 10.1 Å². The minimum atomic E-state index is -0.950. The molecule has 6 heteroatoms. The summed E-state index contributed by atoms with van der Waals surface area (Å²) in [6.07, 6.45) is -0.937. The minimum Gasteiger partial charge on any atom is -0.496 e. The van der Waals surface area contributed by atoms with Crippen LogP contribution in [0.15, 0.2) is 42.5 Å². The number of aryl methyl sites for hydroxylation is 1. The van der Waals surface area contributed by atoms with E-state index in [9.17, 15) is 9.59 Å². The second-order valence-corrected chi connectivity index (χ2v) is 5.80. The lowest BCUT2D eigenvalue weighted by Gasteiger charge is -2.14. The molecule has 0 unspecified atom stereocenters. The van der Waals surface area contributed by atoms with E-state index in [1.54, 1.807) is 30.3 Å². The molecular formula is C20H20N2O4. The molecule has 2 rings (SSSR count). The molecule has 0 radical (unpaired) electrons. The molecule has 0 aromatic heterocycles. The smallest absolute Gasteiger partial charge is 0.311 e. The number of methoxy groups -OCH3 is 1. The molecule has 2 aromatic rings. The van der Waals surface area contributed by atoms with Crippen LogP contribution in [0.5, 0.6) is 5.75 Å². The van der Waals surface area contributed by atoms with Crippen molar-refractivity contribution in [2.45, 2.75) is 26.4 Å². The first kappa shape index (κ1) is 19.0. The predicted octanol–water partition coefficient (Wildman–Crippen LogP) is 2.99. The number of nitrogens with zero attached hydrogens (tertiary/aromatic N) is 1. The summed E-state index contributed by atoms with van der Waals surface area (Å²) in [5.41, 5.74) is 2.73. The Bertz CT molecular complexity index is 838. The second-order valence-electron chi connectivity index (χ2n) is 5.80. The predicted molar refractivity (Wildman–Crippen MR) is 96.8 cm³/mol. The quantitative estimate of drug-likeness (QED) is 0.808. The summed E-state index contributed by atoms with van der Waals surface area (Å²) >= 11 is 0. The van der Waals surface area contributed by atoms with Crippen molar-refractivity contribution in [2.75, 3.05) is 12.4 Å². The first-order chi connectivity index (χ1) is 12.4. The van der Waals surface area contributed by atoms with Crippen LogP contribution >= 0.6 is 0 Å². The van der Waals surface area contributed by atoms with Crippen molar-refractivity contribution in [1.29, 1.82) is 5.26 Å². The Morgan fingerprint density at radius 1 is 1.19 bits per heavy atom. The summed E-state index contributed by atoms with van der Waals surface area (Å²) < 4.78 is 10.5. The van der Waals surface area contributed by atoms with Crippen LogP contribution in [0.2, 0.25) is 0 Å². The van der Waals surface area contributed by atoms with Gasteiger partial charge in [0.2, 0.25) is 0 Å². The molecule has 0 aliphatic carbocycles. The molecule has 0 saturated heterocycles. The van der Waals surface area contributed by atoms with Crippen LogP contribution in [0.25, 0.3) is 0 Å². The molecule has 0 heterocycles. The number of esters is 1. The number of nitrogens with one attached hydrogen (secondary N) is 1. The van der Waals surface area contributed by atoms with Gasteiger partial charge in [0.15, 0.2) is 6.10 Å². The number of ether oxygens (including phenoxy) is 2. The molecule has 0 bridgehead atoms. The number of amides is 1. The highest BCUT2D eigenvalue weighted by Crippen LogP contribution is 2.20. The highest BCUT2D eigenvalue weighted by Gasteiger charge is 2.19. The van der Waals surface area contributed by atoms with E-state index in [1.807, 2.05) is 25.1 Å². The number of hydrogen-bond donors (Lipinski definition) is 1. The van der Waals surface area contributed by atoms with Gasteiger partial charge >= 0.3 is 5.97 Å². The molecule has 1 atom stereocenters. The van der Waals surface area contributed by atoms with Crippen LogP contribution in [0.3, 0.4) is 0 Å². The SMILES string of the molecule is COc1ccc(C)cc1CC(=O)O[C@H](C)C(=O)Nc1ccc(C#N)cc1. The zero-order valence-electron chi connectivity index (χ0n) is 14.9. The number of carbonyl (C=O) groups is 2. The first-order valence-electron chi connectivity index (χ1n) is 8.07. The number of carbonyl (C=O) groups excluding carboxylic acids is 2. The maximum Gasteiger partial charge on any atom is 0.311 e. The van der Waals surface area contributed by atoms with Crippen molar-refractivity contribution < 1.29 is 19.1 Å². The zero-order chi connectivity index (χ0) is 19.1. The summed E-state index contributed by atoms with van der Waals surface area (Å²) in [7, 11) is 1.53. The molecular weight excluding hydrogens is 332 g/mol. The lowest BCUT2D eigenvalue weighted by molar-refractivity contribution is -0.152. The minimum absolute atomic E-state index is 0.0132. The van der Waals surface area contributed by atoms with Crippen molar-refractivity contribution in [3.8, 4) is 11.8 Å². The van der Waals surface area contributed by atoms with Gasteiger partial charge in [0.05, 0.1) is 25.2 Å². The lowest BCUT2D eigenvalue weighted by atomic mass is 10.1. The number of hydrogen-bond acceptors (Lipinski definition) is 5. The highest BCUT2D eigenvalue weighted by atomic mass is 16.5. The van der Waals surface area contributed by atoms with Crippen LogP contribution in [0.1, 0.15) is 23.6 Å². The van der Waals surface area contributed by atoms with E-state index in [0.717, 1.165) is 5.56 Å². The molecule has 0 fully saturated rings. The summed E-state index contributed by atoms with van der Waals surface area (Å²) in [6, 6.07) is 13.9. The van der Waals surface area contributed by atoms with E-state index < -0.39 is 18.0 Å². The van der Waals surface area contributed by atoms with E-state index in [2.05, 4.69) is 5.32 Å². The highest BCUT2D eigenvalue weighted by molar-refractivity contribution is 5.95. The Morgan fingerprint density at radius 2 is 1.88 bits per heavy atom. The third-order valence-corrected chi connectivity index (χ3v) is 3.73. The fourth-order valence-corrected chi connectivity index (χ4v) is 2.37. The standard InChI is InChI=1S/C20H20N2O4/c1-13-4-9-18(25-3)16(10-13)11-19(23)26-14(2)20(24)22-17-7-5-15(12-21)6-8-17/h4-10,14H,11H2,1-3H3,(H,22,24)/t14-/m1/s1. The van der Waals surface area contributed by atoms with Crippen molar-refractivity contribution >= 4 is 17.6 Å². The van der Waals surface area contributed by atoms with Gasteiger partial charge in [-0.2, -0.15) is 5.26 Å². The van der Waals surface area contributed by atoms with Gasteiger partial charge in [-0.25, -0.2) is 0 Å². The molecule has 1 N–H and O–H groups in total. The fourth-order valence-electron chi connectivity index (χ4n) is 2.37. The van der Waals surface area contributed by atoms with Gasteiger partial charge in [-0.3, -0.25) is 9.59 Å². The van der Waals surface area contributed by atoms with E-state index in [0.29, 0.717) is 22.6 Å².